The van der Waals surface area contributed by atoms with Crippen LogP contribution < -0.4 is 15.7 Å². The lowest BCUT2D eigenvalue weighted by Crippen LogP contribution is -2.37. The lowest BCUT2D eigenvalue weighted by atomic mass is 10.4. The molecule has 0 unspecified atom stereocenters. The van der Waals surface area contributed by atoms with E-state index >= 15 is 0 Å². The molecule has 1 saturated heterocycles. The molecular formula is C13H18N6O2S. The van der Waals surface area contributed by atoms with E-state index in [1.54, 1.807) is 12.3 Å². The highest BCUT2D eigenvalue weighted by molar-refractivity contribution is 7.80. The Labute approximate surface area is 133 Å². The van der Waals surface area contributed by atoms with E-state index in [4.69, 9.17) is 17.0 Å². The molecule has 1 aromatic heterocycles. The number of aromatic nitrogens is 2. The second-order valence-corrected chi connectivity index (χ2v) is 4.80. The fourth-order valence-electron chi connectivity index (χ4n) is 1.85. The number of anilines is 1. The van der Waals surface area contributed by atoms with E-state index in [9.17, 15) is 5.21 Å². The summed E-state index contributed by atoms with van der Waals surface area (Å²) < 4.78 is 5.31. The quantitative estimate of drug-likeness (QED) is 0.236. The van der Waals surface area contributed by atoms with Gasteiger partial charge in [0.2, 0.25) is 0 Å². The Bertz CT molecular complexity index is 559. The predicted octanol–water partition coefficient (Wildman–Crippen LogP) is 0.0991. The first-order valence-electron chi connectivity index (χ1n) is 6.77. The van der Waals surface area contributed by atoms with Gasteiger partial charge in [0.15, 0.2) is 10.9 Å². The first kappa shape index (κ1) is 16.3. The van der Waals surface area contributed by atoms with Crippen LogP contribution in [-0.2, 0) is 4.74 Å². The maximum atomic E-state index is 9.27. The summed E-state index contributed by atoms with van der Waals surface area (Å²) >= 11 is 5.05. The Morgan fingerprint density at radius 3 is 2.95 bits per heavy atom. The number of hydrogen-bond acceptors (Lipinski definition) is 6. The molecule has 1 aliphatic rings. The fraction of sp³-hybridized carbons (Fsp3) is 0.385. The molecule has 0 spiro atoms. The van der Waals surface area contributed by atoms with Gasteiger partial charge >= 0.3 is 0 Å². The number of aliphatic imine (C=N–C) groups is 1. The molecule has 8 nitrogen and oxygen atoms in total. The zero-order valence-electron chi connectivity index (χ0n) is 12.0. The average Bonchev–Trinajstić information content (AvgIpc) is 2.58. The van der Waals surface area contributed by atoms with Gasteiger partial charge in [-0.2, -0.15) is 4.99 Å². The highest BCUT2D eigenvalue weighted by Crippen LogP contribution is 2.11. The summed E-state index contributed by atoms with van der Waals surface area (Å²) in [4.78, 5) is 14.7. The largest absolute Gasteiger partial charge is 0.378 e. The zero-order chi connectivity index (χ0) is 15.8. The van der Waals surface area contributed by atoms with Crippen molar-refractivity contribution >= 4 is 29.0 Å². The van der Waals surface area contributed by atoms with Gasteiger partial charge in [-0.1, -0.05) is 6.08 Å². The molecule has 22 heavy (non-hydrogen) atoms. The highest BCUT2D eigenvalue weighted by Gasteiger charge is 2.15. The van der Waals surface area contributed by atoms with E-state index in [0.717, 1.165) is 13.1 Å². The highest BCUT2D eigenvalue weighted by atomic mass is 32.1. The summed E-state index contributed by atoms with van der Waals surface area (Å²) in [6.45, 7) is 6.87. The molecule has 2 heterocycles. The molecule has 1 aromatic rings. The van der Waals surface area contributed by atoms with Crippen LogP contribution in [0.25, 0.3) is 0 Å². The van der Waals surface area contributed by atoms with Crippen molar-refractivity contribution in [1.29, 1.82) is 0 Å². The van der Waals surface area contributed by atoms with Crippen LogP contribution in [0.2, 0.25) is 0 Å². The van der Waals surface area contributed by atoms with Crippen LogP contribution in [0.1, 0.15) is 5.69 Å². The van der Waals surface area contributed by atoms with Crippen molar-refractivity contribution < 1.29 is 9.94 Å². The Balaban J connectivity index is 2.16. The van der Waals surface area contributed by atoms with Gasteiger partial charge in [0.05, 0.1) is 25.6 Å². The maximum Gasteiger partial charge on any atom is 0.195 e. The number of rotatable bonds is 4. The molecule has 0 aliphatic carbocycles. The number of nitrogens with one attached hydrogen (secondary N) is 2. The van der Waals surface area contributed by atoms with E-state index in [2.05, 4.69) is 31.8 Å². The van der Waals surface area contributed by atoms with Gasteiger partial charge in [0.25, 0.3) is 0 Å². The standard InChI is InChI=1S/C13H18N6O2S/c1-2-3-15-13(22)17-12(18-20)10-8-14-9-11(16-10)19-4-6-21-7-5-19/h2,8-9,20H,1,3-7H2,(H2,15,17,18,22). The Morgan fingerprint density at radius 1 is 1.50 bits per heavy atom. The molecule has 3 N–H and O–H groups in total. The first-order chi connectivity index (χ1) is 10.7. The van der Waals surface area contributed by atoms with Gasteiger partial charge in [-0.3, -0.25) is 15.7 Å². The average molecular weight is 322 g/mol. The van der Waals surface area contributed by atoms with Gasteiger partial charge in [0.1, 0.15) is 11.5 Å². The van der Waals surface area contributed by atoms with Gasteiger partial charge in [-0.15, -0.1) is 6.58 Å². The Kier molecular flexibility index (Phi) is 6.19. The fourth-order valence-corrected chi connectivity index (χ4v) is 2.03. The number of hydroxylamine groups is 1. The SMILES string of the molecule is C=CCNC(=S)/N=C(\NO)c1cncc(N2CCOCC2)n1. The van der Waals surface area contributed by atoms with Crippen LogP contribution in [0, 0.1) is 0 Å². The summed E-state index contributed by atoms with van der Waals surface area (Å²) in [7, 11) is 0. The third-order valence-electron chi connectivity index (χ3n) is 2.92. The summed E-state index contributed by atoms with van der Waals surface area (Å²) in [6.07, 6.45) is 4.83. The minimum atomic E-state index is 0.129. The van der Waals surface area contributed by atoms with Crippen molar-refractivity contribution in [3.05, 3.63) is 30.7 Å². The molecule has 0 saturated carbocycles. The normalized spacial score (nSPS) is 15.3. The molecule has 1 fully saturated rings. The molecule has 9 heteroatoms. The van der Waals surface area contributed by atoms with Crippen molar-refractivity contribution in [2.24, 2.45) is 4.99 Å². The van der Waals surface area contributed by atoms with E-state index in [1.165, 1.54) is 6.20 Å². The summed E-state index contributed by atoms with van der Waals surface area (Å²) in [5.74, 6) is 0.831. The van der Waals surface area contributed by atoms with Crippen molar-refractivity contribution in [2.75, 3.05) is 37.7 Å². The van der Waals surface area contributed by atoms with Gasteiger partial charge in [-0.05, 0) is 12.2 Å². The monoisotopic (exact) mass is 322 g/mol. The molecule has 118 valence electrons. The Morgan fingerprint density at radius 2 is 2.27 bits per heavy atom. The lowest BCUT2D eigenvalue weighted by molar-refractivity contribution is 0.122. The number of nitrogens with zero attached hydrogens (tertiary/aromatic N) is 4. The van der Waals surface area contributed by atoms with Crippen molar-refractivity contribution in [1.82, 2.24) is 20.8 Å². The third kappa shape index (κ3) is 4.45. The summed E-state index contributed by atoms with van der Waals surface area (Å²) in [6, 6.07) is 0. The number of morpholine rings is 1. The van der Waals surface area contributed by atoms with Crippen molar-refractivity contribution in [3.8, 4) is 0 Å². The van der Waals surface area contributed by atoms with E-state index < -0.39 is 0 Å². The van der Waals surface area contributed by atoms with E-state index in [0.29, 0.717) is 31.3 Å². The van der Waals surface area contributed by atoms with Crippen molar-refractivity contribution in [2.45, 2.75) is 0 Å². The Hall–Kier alpha value is -2.10. The second kappa shape index (κ2) is 8.37. The summed E-state index contributed by atoms with van der Waals surface area (Å²) in [5, 5.41) is 12.3. The molecule has 1 aliphatic heterocycles. The van der Waals surface area contributed by atoms with Gasteiger partial charge in [0, 0.05) is 19.6 Å². The van der Waals surface area contributed by atoms with Crippen LogP contribution in [0.4, 0.5) is 5.82 Å². The van der Waals surface area contributed by atoms with Gasteiger partial charge < -0.3 is 15.0 Å². The molecule has 0 bridgehead atoms. The van der Waals surface area contributed by atoms with Crippen LogP contribution in [-0.4, -0.2) is 59.0 Å². The zero-order valence-corrected chi connectivity index (χ0v) is 12.8. The van der Waals surface area contributed by atoms with Crippen LogP contribution in [0.15, 0.2) is 30.0 Å². The number of ether oxygens (including phenoxy) is 1. The molecule has 0 atom stereocenters. The van der Waals surface area contributed by atoms with Crippen LogP contribution in [0.3, 0.4) is 0 Å². The smallest absolute Gasteiger partial charge is 0.195 e. The second-order valence-electron chi connectivity index (χ2n) is 4.41. The van der Waals surface area contributed by atoms with Crippen LogP contribution >= 0.6 is 12.2 Å². The minimum Gasteiger partial charge on any atom is -0.378 e. The number of hydrogen-bond donors (Lipinski definition) is 3. The van der Waals surface area contributed by atoms with Gasteiger partial charge in [-0.25, -0.2) is 4.98 Å². The first-order valence-corrected chi connectivity index (χ1v) is 7.18. The summed E-state index contributed by atoms with van der Waals surface area (Å²) in [5.41, 5.74) is 2.40. The predicted molar refractivity (Wildman–Crippen MR) is 87.3 cm³/mol. The third-order valence-corrected chi connectivity index (χ3v) is 3.15. The molecule has 0 amide bonds. The molecular weight excluding hydrogens is 304 g/mol. The number of amidine groups is 1. The van der Waals surface area contributed by atoms with E-state index in [-0.39, 0.29) is 10.9 Å². The topological polar surface area (TPSA) is 94.9 Å². The lowest BCUT2D eigenvalue weighted by Gasteiger charge is -2.27. The van der Waals surface area contributed by atoms with E-state index in [1.807, 2.05) is 5.48 Å². The van der Waals surface area contributed by atoms with Crippen LogP contribution in [0.5, 0.6) is 0 Å². The molecule has 0 aromatic carbocycles. The molecule has 2 rings (SSSR count). The number of thiocarbonyl (C=S) groups is 1. The minimum absolute atomic E-state index is 0.129. The van der Waals surface area contributed by atoms with Crippen molar-refractivity contribution in [3.63, 3.8) is 0 Å². The molecule has 0 radical (unpaired) electrons. The maximum absolute atomic E-state index is 9.27.